The van der Waals surface area contributed by atoms with Crippen molar-refractivity contribution < 1.29 is 4.74 Å². The lowest BCUT2D eigenvalue weighted by molar-refractivity contribution is 0.0570. The van der Waals surface area contributed by atoms with Gasteiger partial charge >= 0.3 is 0 Å². The molecule has 2 heterocycles. The molecule has 1 aromatic rings. The van der Waals surface area contributed by atoms with Gasteiger partial charge in [-0.25, -0.2) is 0 Å². The van der Waals surface area contributed by atoms with Gasteiger partial charge in [0.2, 0.25) is 0 Å². The first-order valence-corrected chi connectivity index (χ1v) is 6.95. The summed E-state index contributed by atoms with van der Waals surface area (Å²) in [6.45, 7) is 6.78. The average Bonchev–Trinajstić information content (AvgIpc) is 2.74. The lowest BCUT2D eigenvalue weighted by Crippen LogP contribution is -2.30. The van der Waals surface area contributed by atoms with E-state index >= 15 is 0 Å². The van der Waals surface area contributed by atoms with Crippen LogP contribution in [-0.2, 0) is 24.1 Å². The van der Waals surface area contributed by atoms with Crippen LogP contribution >= 0.6 is 11.6 Å². The van der Waals surface area contributed by atoms with Gasteiger partial charge in [0, 0.05) is 30.1 Å². The van der Waals surface area contributed by atoms with E-state index in [-0.39, 0.29) is 5.38 Å². The zero-order chi connectivity index (χ0) is 12.3. The van der Waals surface area contributed by atoms with Gasteiger partial charge in [-0.15, -0.1) is 11.6 Å². The maximum atomic E-state index is 6.36. The Morgan fingerprint density at radius 1 is 1.53 bits per heavy atom. The minimum Gasteiger partial charge on any atom is -0.381 e. The van der Waals surface area contributed by atoms with E-state index < -0.39 is 0 Å². The number of aryl methyl sites for hydroxylation is 2. The smallest absolute Gasteiger partial charge is 0.0624 e. The highest BCUT2D eigenvalue weighted by Gasteiger charge is 2.25. The van der Waals surface area contributed by atoms with Crippen molar-refractivity contribution in [2.24, 2.45) is 5.92 Å². The molecule has 0 bridgehead atoms. The van der Waals surface area contributed by atoms with Gasteiger partial charge in [-0.3, -0.25) is 4.68 Å². The van der Waals surface area contributed by atoms with Crippen molar-refractivity contribution in [1.82, 2.24) is 9.78 Å². The molecule has 0 spiro atoms. The monoisotopic (exact) mass is 256 g/mol. The van der Waals surface area contributed by atoms with Crippen molar-refractivity contribution in [2.45, 2.75) is 45.0 Å². The highest BCUT2D eigenvalue weighted by molar-refractivity contribution is 6.20. The van der Waals surface area contributed by atoms with E-state index in [4.69, 9.17) is 16.3 Å². The summed E-state index contributed by atoms with van der Waals surface area (Å²) in [6, 6.07) is 2.21. The first-order valence-electron chi connectivity index (χ1n) is 6.52. The molecule has 1 fully saturated rings. The zero-order valence-electron chi connectivity index (χ0n) is 10.7. The van der Waals surface area contributed by atoms with Crippen molar-refractivity contribution in [1.29, 1.82) is 0 Å². The lowest BCUT2D eigenvalue weighted by Gasteiger charge is -2.27. The van der Waals surface area contributed by atoms with E-state index in [1.54, 1.807) is 0 Å². The third kappa shape index (κ3) is 3.02. The van der Waals surface area contributed by atoms with Crippen molar-refractivity contribution >= 4 is 11.6 Å². The van der Waals surface area contributed by atoms with E-state index in [0.717, 1.165) is 39.0 Å². The highest BCUT2D eigenvalue weighted by atomic mass is 35.5. The highest BCUT2D eigenvalue weighted by Crippen LogP contribution is 2.24. The van der Waals surface area contributed by atoms with Crippen LogP contribution in [0.25, 0.3) is 0 Å². The number of hydrogen-bond acceptors (Lipinski definition) is 2. The second kappa shape index (κ2) is 5.87. The summed E-state index contributed by atoms with van der Waals surface area (Å²) in [5.41, 5.74) is 2.47. The molecule has 0 N–H and O–H groups in total. The van der Waals surface area contributed by atoms with Crippen LogP contribution in [0.1, 0.15) is 31.7 Å². The van der Waals surface area contributed by atoms with Gasteiger partial charge in [0.1, 0.15) is 0 Å². The van der Waals surface area contributed by atoms with Gasteiger partial charge in [0.15, 0.2) is 0 Å². The molecule has 0 amide bonds. The number of nitrogens with zero attached hydrogens (tertiary/aromatic N) is 2. The van der Waals surface area contributed by atoms with Gasteiger partial charge in [0.05, 0.1) is 12.3 Å². The molecule has 0 saturated carbocycles. The van der Waals surface area contributed by atoms with Crippen LogP contribution in [0.5, 0.6) is 0 Å². The van der Waals surface area contributed by atoms with Gasteiger partial charge in [-0.2, -0.15) is 5.10 Å². The van der Waals surface area contributed by atoms with Gasteiger partial charge in [-0.1, -0.05) is 6.92 Å². The SMILES string of the molecule is CCc1cc(CC2COCCC2Cl)n(CC)n1. The molecule has 0 aromatic carbocycles. The number of alkyl halides is 1. The molecule has 2 rings (SSSR count). The molecule has 1 aliphatic heterocycles. The van der Waals surface area contributed by atoms with Crippen LogP contribution in [0.15, 0.2) is 6.07 Å². The van der Waals surface area contributed by atoms with E-state index in [0.29, 0.717) is 5.92 Å². The molecule has 0 radical (unpaired) electrons. The van der Waals surface area contributed by atoms with Crippen LogP contribution in [-0.4, -0.2) is 28.4 Å². The lowest BCUT2D eigenvalue weighted by atomic mass is 9.96. The maximum absolute atomic E-state index is 6.36. The Morgan fingerprint density at radius 3 is 3.00 bits per heavy atom. The Labute approximate surface area is 108 Å². The molecule has 1 saturated heterocycles. The fourth-order valence-corrected chi connectivity index (χ4v) is 2.60. The van der Waals surface area contributed by atoms with Gasteiger partial charge in [0.25, 0.3) is 0 Å². The summed E-state index contributed by atoms with van der Waals surface area (Å²) >= 11 is 6.36. The summed E-state index contributed by atoms with van der Waals surface area (Å²) in [4.78, 5) is 0. The maximum Gasteiger partial charge on any atom is 0.0624 e. The Bertz CT molecular complexity index is 364. The molecule has 17 heavy (non-hydrogen) atoms. The van der Waals surface area contributed by atoms with Crippen molar-refractivity contribution in [3.8, 4) is 0 Å². The van der Waals surface area contributed by atoms with Crippen LogP contribution < -0.4 is 0 Å². The van der Waals surface area contributed by atoms with E-state index in [1.807, 2.05) is 0 Å². The minimum atomic E-state index is 0.244. The van der Waals surface area contributed by atoms with E-state index in [9.17, 15) is 0 Å². The summed E-state index contributed by atoms with van der Waals surface area (Å²) in [5, 5.41) is 4.81. The Hall–Kier alpha value is -0.540. The second-order valence-electron chi connectivity index (χ2n) is 4.64. The van der Waals surface area contributed by atoms with Crippen molar-refractivity contribution in [3.63, 3.8) is 0 Å². The third-order valence-electron chi connectivity index (χ3n) is 3.43. The van der Waals surface area contributed by atoms with E-state index in [1.165, 1.54) is 11.4 Å². The van der Waals surface area contributed by atoms with Crippen LogP contribution in [0.2, 0.25) is 0 Å². The Morgan fingerprint density at radius 2 is 2.35 bits per heavy atom. The Kier molecular flexibility index (Phi) is 4.46. The largest absolute Gasteiger partial charge is 0.381 e. The van der Waals surface area contributed by atoms with Gasteiger partial charge < -0.3 is 4.74 Å². The molecule has 4 heteroatoms. The van der Waals surface area contributed by atoms with Crippen LogP contribution in [0, 0.1) is 5.92 Å². The standard InChI is InChI=1S/C13H21ClN2O/c1-3-11-8-12(16(4-2)15-11)7-10-9-17-6-5-13(10)14/h8,10,13H,3-7,9H2,1-2H3. The molecule has 3 nitrogen and oxygen atoms in total. The van der Waals surface area contributed by atoms with Crippen molar-refractivity contribution in [3.05, 3.63) is 17.5 Å². The summed E-state index contributed by atoms with van der Waals surface area (Å²) in [6.07, 6.45) is 2.94. The first kappa shape index (κ1) is 12.9. The topological polar surface area (TPSA) is 27.1 Å². The predicted octanol–water partition coefficient (Wildman–Crippen LogP) is 2.65. The fraction of sp³-hybridized carbons (Fsp3) is 0.769. The number of halogens is 1. The number of hydrogen-bond donors (Lipinski definition) is 0. The molecule has 2 atom stereocenters. The molecule has 96 valence electrons. The molecule has 0 aliphatic carbocycles. The van der Waals surface area contributed by atoms with Crippen molar-refractivity contribution in [2.75, 3.05) is 13.2 Å². The molecule has 2 unspecified atom stereocenters. The van der Waals surface area contributed by atoms with Gasteiger partial charge in [-0.05, 0) is 32.3 Å². The average molecular weight is 257 g/mol. The van der Waals surface area contributed by atoms with Crippen LogP contribution in [0.4, 0.5) is 0 Å². The Balaban J connectivity index is 2.08. The number of rotatable bonds is 4. The molecular formula is C13H21ClN2O. The third-order valence-corrected chi connectivity index (χ3v) is 4.00. The second-order valence-corrected chi connectivity index (χ2v) is 5.20. The number of ether oxygens (including phenoxy) is 1. The normalized spacial score (nSPS) is 25.1. The molecule has 1 aliphatic rings. The zero-order valence-corrected chi connectivity index (χ0v) is 11.4. The summed E-state index contributed by atoms with van der Waals surface area (Å²) in [7, 11) is 0. The minimum absolute atomic E-state index is 0.244. The number of aromatic nitrogens is 2. The summed E-state index contributed by atoms with van der Waals surface area (Å²) < 4.78 is 7.61. The summed E-state index contributed by atoms with van der Waals surface area (Å²) in [5.74, 6) is 0.428. The van der Waals surface area contributed by atoms with Crippen LogP contribution in [0.3, 0.4) is 0 Å². The quantitative estimate of drug-likeness (QED) is 0.775. The van der Waals surface area contributed by atoms with E-state index in [2.05, 4.69) is 29.7 Å². The fourth-order valence-electron chi connectivity index (χ4n) is 2.35. The molecule has 1 aromatic heterocycles. The first-order chi connectivity index (χ1) is 8.24. The molecular weight excluding hydrogens is 236 g/mol. The predicted molar refractivity (Wildman–Crippen MR) is 69.6 cm³/mol.